The van der Waals surface area contributed by atoms with E-state index in [4.69, 9.17) is 21.8 Å². The molecule has 1 aliphatic rings. The van der Waals surface area contributed by atoms with Crippen LogP contribution in [0.3, 0.4) is 0 Å². The number of halogens is 1. The molecular formula is C21H28ClN5O3. The maximum absolute atomic E-state index is 12.8. The third-order valence-electron chi connectivity index (χ3n) is 5.65. The number of carbonyl (C=O) groups excluding carboxylic acids is 2. The van der Waals surface area contributed by atoms with Gasteiger partial charge < -0.3 is 15.1 Å². The van der Waals surface area contributed by atoms with Gasteiger partial charge in [-0.2, -0.15) is 0 Å². The van der Waals surface area contributed by atoms with Crippen molar-refractivity contribution in [1.29, 1.82) is 0 Å². The molecule has 8 nitrogen and oxygen atoms in total. The van der Waals surface area contributed by atoms with E-state index in [1.165, 1.54) is 6.26 Å². The fourth-order valence-electron chi connectivity index (χ4n) is 3.88. The second kappa shape index (κ2) is 9.55. The first kappa shape index (κ1) is 22.2. The van der Waals surface area contributed by atoms with Crippen molar-refractivity contribution >= 4 is 29.1 Å². The molecule has 2 aromatic heterocycles. The lowest BCUT2D eigenvalue weighted by atomic mass is 9.90. The SMILES string of the molecule is Cc1nc(N)c(CCC2CCN(C(=O)[C@H](C)CC(=O)c3coc(C)n3)CC2)c(Cl)n1. The van der Waals surface area contributed by atoms with E-state index in [0.29, 0.717) is 41.7 Å². The summed E-state index contributed by atoms with van der Waals surface area (Å²) in [5, 5.41) is 0.424. The molecular weight excluding hydrogens is 406 g/mol. The molecule has 0 saturated carbocycles. The summed E-state index contributed by atoms with van der Waals surface area (Å²) in [4.78, 5) is 39.3. The summed E-state index contributed by atoms with van der Waals surface area (Å²) in [6.45, 7) is 6.63. The molecule has 30 heavy (non-hydrogen) atoms. The summed E-state index contributed by atoms with van der Waals surface area (Å²) in [5.74, 6) is 1.41. The average Bonchev–Trinajstić information content (AvgIpc) is 3.13. The average molecular weight is 434 g/mol. The molecule has 0 radical (unpaired) electrons. The molecule has 1 amide bonds. The highest BCUT2D eigenvalue weighted by Crippen LogP contribution is 2.27. The first-order chi connectivity index (χ1) is 14.2. The molecule has 0 aromatic carbocycles. The highest BCUT2D eigenvalue weighted by Gasteiger charge is 2.28. The van der Waals surface area contributed by atoms with Crippen LogP contribution >= 0.6 is 11.6 Å². The first-order valence-corrected chi connectivity index (χ1v) is 10.6. The Morgan fingerprint density at radius 3 is 2.57 bits per heavy atom. The number of carbonyl (C=O) groups is 2. The number of hydrogen-bond donors (Lipinski definition) is 1. The maximum atomic E-state index is 12.8. The number of nitrogens with two attached hydrogens (primary N) is 1. The normalized spacial score (nSPS) is 15.9. The predicted octanol–water partition coefficient (Wildman–Crippen LogP) is 3.40. The van der Waals surface area contributed by atoms with Crippen LogP contribution in [0.15, 0.2) is 10.7 Å². The molecule has 0 aliphatic carbocycles. The summed E-state index contributed by atoms with van der Waals surface area (Å²) in [5.41, 5.74) is 7.07. The van der Waals surface area contributed by atoms with Gasteiger partial charge in [0.25, 0.3) is 0 Å². The van der Waals surface area contributed by atoms with Crippen molar-refractivity contribution in [3.8, 4) is 0 Å². The minimum atomic E-state index is -0.380. The molecule has 2 aromatic rings. The fraction of sp³-hybridized carbons (Fsp3) is 0.571. The molecule has 0 spiro atoms. The Morgan fingerprint density at radius 1 is 1.27 bits per heavy atom. The van der Waals surface area contributed by atoms with Gasteiger partial charge in [-0.1, -0.05) is 18.5 Å². The number of oxazole rings is 1. The van der Waals surface area contributed by atoms with Crippen LogP contribution in [0.1, 0.15) is 60.4 Å². The Kier molecular flexibility index (Phi) is 7.07. The number of anilines is 1. The van der Waals surface area contributed by atoms with Gasteiger partial charge in [-0.05, 0) is 38.5 Å². The summed E-state index contributed by atoms with van der Waals surface area (Å²) in [6, 6.07) is 0. The van der Waals surface area contributed by atoms with Crippen LogP contribution in [0.2, 0.25) is 5.15 Å². The number of ketones is 1. The van der Waals surface area contributed by atoms with Gasteiger partial charge in [-0.25, -0.2) is 15.0 Å². The van der Waals surface area contributed by atoms with E-state index in [1.54, 1.807) is 20.8 Å². The van der Waals surface area contributed by atoms with Crippen molar-refractivity contribution in [2.45, 2.75) is 52.9 Å². The van der Waals surface area contributed by atoms with Gasteiger partial charge in [-0.3, -0.25) is 9.59 Å². The van der Waals surface area contributed by atoms with E-state index in [1.807, 2.05) is 4.90 Å². The summed E-state index contributed by atoms with van der Waals surface area (Å²) in [6.07, 6.45) is 4.97. The molecule has 9 heteroatoms. The van der Waals surface area contributed by atoms with Gasteiger partial charge in [0.05, 0.1) is 0 Å². The zero-order valence-electron chi connectivity index (χ0n) is 17.7. The van der Waals surface area contributed by atoms with E-state index >= 15 is 0 Å². The quantitative estimate of drug-likeness (QED) is 0.525. The number of aromatic nitrogens is 3. The number of piperidine rings is 1. The Bertz CT molecular complexity index is 898. The standard InChI is InChI=1S/C21H28ClN5O3/c1-12(10-18(28)17-11-30-14(3)26-17)21(29)27-8-6-15(7-9-27)4-5-16-19(22)24-13(2)25-20(16)23/h11-12,15H,4-10H2,1-3H3,(H2,23,24,25)/t12-/m1/s1. The minimum absolute atomic E-state index is 0.0150. The van der Waals surface area contributed by atoms with E-state index < -0.39 is 0 Å². The molecule has 1 saturated heterocycles. The summed E-state index contributed by atoms with van der Waals surface area (Å²) < 4.78 is 5.08. The van der Waals surface area contributed by atoms with Crippen molar-refractivity contribution in [2.75, 3.05) is 18.8 Å². The third-order valence-corrected chi connectivity index (χ3v) is 5.96. The van der Waals surface area contributed by atoms with Gasteiger partial charge in [0.2, 0.25) is 5.91 Å². The lowest BCUT2D eigenvalue weighted by Crippen LogP contribution is -2.41. The lowest BCUT2D eigenvalue weighted by Gasteiger charge is -2.33. The van der Waals surface area contributed by atoms with Gasteiger partial charge in [0.15, 0.2) is 11.7 Å². The van der Waals surface area contributed by atoms with Gasteiger partial charge in [0.1, 0.15) is 28.8 Å². The largest absolute Gasteiger partial charge is 0.449 e. The van der Waals surface area contributed by atoms with Gasteiger partial charge in [-0.15, -0.1) is 0 Å². The Labute approximate surface area is 181 Å². The van der Waals surface area contributed by atoms with E-state index in [0.717, 1.165) is 31.2 Å². The van der Waals surface area contributed by atoms with Crippen LogP contribution in [-0.4, -0.2) is 44.6 Å². The van der Waals surface area contributed by atoms with Crippen molar-refractivity contribution < 1.29 is 14.0 Å². The molecule has 1 aliphatic heterocycles. The molecule has 1 atom stereocenters. The molecule has 3 rings (SSSR count). The Balaban J connectivity index is 1.46. The Morgan fingerprint density at radius 2 is 1.97 bits per heavy atom. The van der Waals surface area contributed by atoms with Crippen LogP contribution in [0, 0.1) is 25.7 Å². The molecule has 0 bridgehead atoms. The number of nitrogen functional groups attached to an aromatic ring is 1. The van der Waals surface area contributed by atoms with Gasteiger partial charge in [0, 0.05) is 37.9 Å². The molecule has 3 heterocycles. The summed E-state index contributed by atoms with van der Waals surface area (Å²) in [7, 11) is 0. The summed E-state index contributed by atoms with van der Waals surface area (Å²) >= 11 is 6.22. The highest BCUT2D eigenvalue weighted by atomic mass is 35.5. The van der Waals surface area contributed by atoms with Crippen molar-refractivity contribution in [3.05, 3.63) is 34.4 Å². The molecule has 162 valence electrons. The second-order valence-corrected chi connectivity index (χ2v) is 8.37. The highest BCUT2D eigenvalue weighted by molar-refractivity contribution is 6.30. The van der Waals surface area contributed by atoms with Crippen molar-refractivity contribution in [1.82, 2.24) is 19.9 Å². The Hall–Kier alpha value is -2.48. The number of Topliss-reactive ketones (excluding diaryl/α,β-unsaturated/α-hetero) is 1. The predicted molar refractivity (Wildman–Crippen MR) is 113 cm³/mol. The van der Waals surface area contributed by atoms with Crippen LogP contribution in [0.4, 0.5) is 5.82 Å². The number of likely N-dealkylation sites (tertiary alicyclic amines) is 1. The fourth-order valence-corrected chi connectivity index (χ4v) is 4.19. The zero-order valence-corrected chi connectivity index (χ0v) is 18.4. The first-order valence-electron chi connectivity index (χ1n) is 10.3. The second-order valence-electron chi connectivity index (χ2n) is 8.01. The monoisotopic (exact) mass is 433 g/mol. The third kappa shape index (κ3) is 5.36. The smallest absolute Gasteiger partial charge is 0.225 e. The van der Waals surface area contributed by atoms with Crippen molar-refractivity contribution in [3.63, 3.8) is 0 Å². The molecule has 0 unspecified atom stereocenters. The van der Waals surface area contributed by atoms with E-state index in [2.05, 4.69) is 15.0 Å². The maximum Gasteiger partial charge on any atom is 0.225 e. The number of nitrogens with zero attached hydrogens (tertiary/aromatic N) is 4. The van der Waals surface area contributed by atoms with Crippen molar-refractivity contribution in [2.24, 2.45) is 11.8 Å². The topological polar surface area (TPSA) is 115 Å². The lowest BCUT2D eigenvalue weighted by molar-refractivity contribution is -0.136. The minimum Gasteiger partial charge on any atom is -0.449 e. The molecule has 1 fully saturated rings. The zero-order chi connectivity index (χ0) is 21.8. The van der Waals surface area contributed by atoms with E-state index in [9.17, 15) is 9.59 Å². The van der Waals surface area contributed by atoms with Crippen LogP contribution in [0.25, 0.3) is 0 Å². The van der Waals surface area contributed by atoms with E-state index in [-0.39, 0.29) is 29.7 Å². The number of rotatable bonds is 7. The number of amides is 1. The van der Waals surface area contributed by atoms with Crippen LogP contribution < -0.4 is 5.73 Å². The van der Waals surface area contributed by atoms with Gasteiger partial charge >= 0.3 is 0 Å². The number of aryl methyl sites for hydroxylation is 2. The number of hydrogen-bond acceptors (Lipinski definition) is 7. The molecule has 2 N–H and O–H groups in total. The van der Waals surface area contributed by atoms with Crippen LogP contribution in [-0.2, 0) is 11.2 Å². The van der Waals surface area contributed by atoms with Crippen LogP contribution in [0.5, 0.6) is 0 Å².